The molecule has 0 atom stereocenters. The third kappa shape index (κ3) is 13.3. The second-order valence-electron chi connectivity index (χ2n) is 20.6. The molecule has 6 fully saturated rings. The van der Waals surface area contributed by atoms with Gasteiger partial charge in [-0.25, -0.2) is 4.98 Å². The number of halogens is 3. The molecule has 0 radical (unpaired) electrons. The maximum Gasteiger partial charge on any atom is 3.00 e. The van der Waals surface area contributed by atoms with Crippen LogP contribution in [0.3, 0.4) is 0 Å². The number of nitrogens with zero attached hydrogens (tertiary/aromatic N) is 3. The van der Waals surface area contributed by atoms with Crippen molar-refractivity contribution in [1.82, 2.24) is 4.98 Å². The molecule has 6 saturated carbocycles. The normalized spacial score (nSPS) is 21.7. The minimum absolute atomic E-state index is 0. The third-order valence-electron chi connectivity index (χ3n) is 16.4. The molecule has 3 nitrogen and oxygen atoms in total. The first-order chi connectivity index (χ1) is 29.2. The van der Waals surface area contributed by atoms with Crippen LogP contribution in [0.1, 0.15) is 278 Å². The number of aromatic nitrogens is 1. The van der Waals surface area contributed by atoms with Crippen molar-refractivity contribution in [1.29, 1.82) is 0 Å². The van der Waals surface area contributed by atoms with Gasteiger partial charge in [0.2, 0.25) is 0 Å². The molecule has 0 saturated heterocycles. The second kappa shape index (κ2) is 26.0. The molecule has 9 rings (SSSR count). The first-order valence-electron chi connectivity index (χ1n) is 25.6. The van der Waals surface area contributed by atoms with Crippen molar-refractivity contribution in [2.75, 3.05) is 0 Å². The van der Waals surface area contributed by atoms with Crippen LogP contribution >= 0.6 is 0 Å². The summed E-state index contributed by atoms with van der Waals surface area (Å²) in [5.41, 5.74) is 15.4. The van der Waals surface area contributed by atoms with Crippen LogP contribution in [0.25, 0.3) is 0 Å². The molecule has 63 heavy (non-hydrogen) atoms. The number of aryl methyl sites for hydroxylation is 1. The maximum absolute atomic E-state index is 5.59. The van der Waals surface area contributed by atoms with Gasteiger partial charge in [-0.1, -0.05) is 140 Å². The van der Waals surface area contributed by atoms with Crippen LogP contribution in [0.4, 0.5) is 11.4 Å². The zero-order chi connectivity index (χ0) is 39.8. The second-order valence-corrected chi connectivity index (χ2v) is 20.6. The summed E-state index contributed by atoms with van der Waals surface area (Å²) in [6.07, 6.45) is 45.1. The Hall–Kier alpha value is -1.69. The summed E-state index contributed by atoms with van der Waals surface area (Å²) in [6, 6.07) is 15.2. The number of hydrogen-bond acceptors (Lipinski definition) is 3. The Balaban J connectivity index is 0.00000187. The molecule has 0 aliphatic heterocycles. The van der Waals surface area contributed by atoms with Crippen molar-refractivity contribution in [3.63, 3.8) is 0 Å². The van der Waals surface area contributed by atoms with Crippen molar-refractivity contribution < 1.29 is 54.0 Å². The Morgan fingerprint density at radius 2 is 0.603 bits per heavy atom. The van der Waals surface area contributed by atoms with Crippen LogP contribution in [-0.4, -0.2) is 17.4 Å². The average Bonchev–Trinajstić information content (AvgIpc) is 3.31. The van der Waals surface area contributed by atoms with Crippen molar-refractivity contribution in [2.24, 2.45) is 9.98 Å². The minimum Gasteiger partial charge on any atom is -1.00 e. The molecule has 2 aromatic carbocycles. The van der Waals surface area contributed by atoms with Gasteiger partial charge >= 0.3 is 16.8 Å². The van der Waals surface area contributed by atoms with Crippen LogP contribution in [0.15, 0.2) is 46.4 Å². The molecular weight excluding hydrogens is 880 g/mol. The van der Waals surface area contributed by atoms with Crippen LogP contribution < -0.4 is 37.2 Å². The molecule has 6 aliphatic rings. The summed E-state index contributed by atoms with van der Waals surface area (Å²) >= 11 is 0. The zero-order valence-corrected chi connectivity index (χ0v) is 41.9. The van der Waals surface area contributed by atoms with Gasteiger partial charge in [-0.3, -0.25) is 9.98 Å². The van der Waals surface area contributed by atoms with E-state index in [-0.39, 0.29) is 54.0 Å². The smallest absolute Gasteiger partial charge is 1.00 e. The quantitative estimate of drug-likeness (QED) is 0.189. The molecule has 7 heteroatoms. The van der Waals surface area contributed by atoms with E-state index in [0.29, 0.717) is 23.7 Å². The van der Waals surface area contributed by atoms with Gasteiger partial charge in [0.15, 0.2) is 0 Å². The van der Waals surface area contributed by atoms with Gasteiger partial charge in [0.05, 0.1) is 35.2 Å². The van der Waals surface area contributed by atoms with Gasteiger partial charge in [-0.2, -0.15) is 0 Å². The standard InChI is InChI=1S/C56H77N3.3ClH.Co/c1-40-32-49(38-57-55-51(43-24-12-4-13-25-43)34-47(41-20-8-2-9-21-41)35-52(55)44-26-14-5-15-27-44)59-50(33-40)39-58-56-53(45-28-16-6-17-29-45)36-48(42-22-10-3-11-23-42)37-54(56)46-30-18-7-19-31-46;;;;/h32-39,41-46H,2-31H2,1H3;3*1H;/q;;;;+3/p-3. The number of hydrogen-bond donors (Lipinski definition) is 0. The average molecular weight is 958 g/mol. The molecule has 0 unspecified atom stereocenters. The summed E-state index contributed by atoms with van der Waals surface area (Å²) in [5.74, 6) is 4.00. The van der Waals surface area contributed by atoms with E-state index in [1.165, 1.54) is 210 Å². The first kappa shape index (κ1) is 52.3. The molecule has 3 aromatic rings. The third-order valence-corrected chi connectivity index (χ3v) is 16.4. The number of pyridine rings is 1. The molecule has 1 heterocycles. The Bertz CT molecular complexity index is 1690. The summed E-state index contributed by atoms with van der Waals surface area (Å²) in [5, 5.41) is 0. The Labute approximate surface area is 412 Å². The monoisotopic (exact) mass is 955 g/mol. The Kier molecular flexibility index (Phi) is 21.6. The van der Waals surface area contributed by atoms with Gasteiger partial charge < -0.3 is 37.2 Å². The number of rotatable bonds is 10. The molecule has 0 spiro atoms. The molecule has 1 aromatic heterocycles. The SMILES string of the molecule is Cc1cc(C=Nc2c(C3CCCCC3)cc(C3CCCCC3)cc2C2CCCCC2)nc(C=Nc2c(C3CCCCC3)cc(C3CCCCC3)cc2C2CCCCC2)c1.[Cl-].[Cl-].[Cl-].[Co+3]. The molecule has 346 valence electrons. The van der Waals surface area contributed by atoms with E-state index >= 15 is 0 Å². The summed E-state index contributed by atoms with van der Waals surface area (Å²) in [7, 11) is 0. The largest absolute Gasteiger partial charge is 3.00 e. The van der Waals surface area contributed by atoms with Gasteiger partial charge in [-0.05, 0) is 171 Å². The van der Waals surface area contributed by atoms with Crippen LogP contribution in [0.5, 0.6) is 0 Å². The van der Waals surface area contributed by atoms with Crippen LogP contribution in [0, 0.1) is 6.92 Å². The molecule has 0 bridgehead atoms. The van der Waals surface area contributed by atoms with E-state index in [1.807, 2.05) is 0 Å². The van der Waals surface area contributed by atoms with Crippen molar-refractivity contribution in [3.05, 3.63) is 86.7 Å². The fraction of sp³-hybridized carbons (Fsp3) is 0.661. The first-order valence-corrected chi connectivity index (χ1v) is 25.6. The fourth-order valence-corrected chi connectivity index (χ4v) is 13.1. The van der Waals surface area contributed by atoms with Gasteiger partial charge in [0, 0.05) is 0 Å². The van der Waals surface area contributed by atoms with E-state index in [0.717, 1.165) is 23.2 Å². The fourth-order valence-electron chi connectivity index (χ4n) is 13.1. The number of aliphatic imine (C=N–C) groups is 2. The summed E-state index contributed by atoms with van der Waals surface area (Å²) in [4.78, 5) is 16.5. The van der Waals surface area contributed by atoms with Crippen LogP contribution in [0.2, 0.25) is 0 Å². The van der Waals surface area contributed by atoms with Crippen molar-refractivity contribution >= 4 is 23.8 Å². The number of benzene rings is 2. The van der Waals surface area contributed by atoms with Crippen LogP contribution in [-0.2, 0) is 16.8 Å². The van der Waals surface area contributed by atoms with Gasteiger partial charge in [-0.15, -0.1) is 0 Å². The maximum atomic E-state index is 5.59. The minimum atomic E-state index is 0. The topological polar surface area (TPSA) is 37.6 Å². The summed E-state index contributed by atoms with van der Waals surface area (Å²) < 4.78 is 0. The van der Waals surface area contributed by atoms with Crippen molar-refractivity contribution in [3.8, 4) is 0 Å². The van der Waals surface area contributed by atoms with Gasteiger partial charge in [0.1, 0.15) is 0 Å². The van der Waals surface area contributed by atoms with Gasteiger partial charge in [0.25, 0.3) is 0 Å². The molecular formula is C56H77Cl3CoN3. The van der Waals surface area contributed by atoms with E-state index in [9.17, 15) is 0 Å². The molecule has 0 N–H and O–H groups in total. The Morgan fingerprint density at radius 3 is 0.857 bits per heavy atom. The zero-order valence-electron chi connectivity index (χ0n) is 38.6. The predicted molar refractivity (Wildman–Crippen MR) is 251 cm³/mol. The summed E-state index contributed by atoms with van der Waals surface area (Å²) in [6.45, 7) is 2.23. The van der Waals surface area contributed by atoms with E-state index < -0.39 is 0 Å². The molecule has 6 aliphatic carbocycles. The Morgan fingerprint density at radius 1 is 0.365 bits per heavy atom. The van der Waals surface area contributed by atoms with E-state index in [4.69, 9.17) is 15.0 Å². The van der Waals surface area contributed by atoms with E-state index in [2.05, 4.69) is 55.8 Å². The molecule has 0 amide bonds. The van der Waals surface area contributed by atoms with Crippen molar-refractivity contribution in [2.45, 2.75) is 235 Å². The predicted octanol–water partition coefficient (Wildman–Crippen LogP) is 8.19. The van der Waals surface area contributed by atoms with E-state index in [1.54, 1.807) is 33.4 Å².